The first kappa shape index (κ1) is 8.94. The third-order valence-corrected chi connectivity index (χ3v) is 6.16. The molecule has 0 aromatic heterocycles. The Kier molecular flexibility index (Phi) is 3.13. The van der Waals surface area contributed by atoms with E-state index in [4.69, 9.17) is 0 Å². The predicted molar refractivity (Wildman–Crippen MR) is 54.8 cm³/mol. The van der Waals surface area contributed by atoms with Gasteiger partial charge in [-0.3, -0.25) is 0 Å². The summed E-state index contributed by atoms with van der Waals surface area (Å²) in [7, 11) is 0.231. The van der Waals surface area contributed by atoms with Crippen LogP contribution in [0.25, 0.3) is 0 Å². The van der Waals surface area contributed by atoms with Crippen LogP contribution in [0.2, 0.25) is 0 Å². The lowest BCUT2D eigenvalue weighted by Crippen LogP contribution is -2.28. The molecule has 60 valence electrons. The van der Waals surface area contributed by atoms with Gasteiger partial charge in [0, 0.05) is 11.5 Å². The largest absolute Gasteiger partial charge is 0.198 e. The van der Waals surface area contributed by atoms with E-state index in [1.165, 1.54) is 16.6 Å². The zero-order valence-electron chi connectivity index (χ0n) is 6.33. The number of hydrogen-bond donors (Lipinski definition) is 1. The first-order valence-electron chi connectivity index (χ1n) is 3.24. The van der Waals surface area contributed by atoms with Crippen LogP contribution >= 0.6 is 24.6 Å². The summed E-state index contributed by atoms with van der Waals surface area (Å²) < 4.78 is 4.04. The molecule has 0 bridgehead atoms. The SMILES string of the molecule is CC1(C)CSC/S(=N\S)C1. The van der Waals surface area contributed by atoms with E-state index in [2.05, 4.69) is 30.4 Å². The molecule has 0 aromatic carbocycles. The van der Waals surface area contributed by atoms with Crippen LogP contribution in [-0.2, 0) is 10.7 Å². The summed E-state index contributed by atoms with van der Waals surface area (Å²) in [5.74, 6) is 2.50. The number of thiol groups is 1. The lowest BCUT2D eigenvalue weighted by atomic mass is 10.0. The summed E-state index contributed by atoms with van der Waals surface area (Å²) in [6.45, 7) is 4.61. The molecule has 0 radical (unpaired) electrons. The van der Waals surface area contributed by atoms with Crippen LogP contribution in [0.1, 0.15) is 13.8 Å². The molecule has 0 spiro atoms. The van der Waals surface area contributed by atoms with Gasteiger partial charge in [0.25, 0.3) is 0 Å². The summed E-state index contributed by atoms with van der Waals surface area (Å²) in [6, 6.07) is 0. The van der Waals surface area contributed by atoms with Gasteiger partial charge in [0.1, 0.15) is 0 Å². The van der Waals surface area contributed by atoms with Crippen molar-refractivity contribution < 1.29 is 0 Å². The zero-order chi connectivity index (χ0) is 7.61. The Hall–Kier alpha value is 0.850. The topological polar surface area (TPSA) is 12.4 Å². The minimum absolute atomic E-state index is 0.231. The monoisotopic (exact) mass is 195 g/mol. The molecule has 0 N–H and O–H groups in total. The fourth-order valence-corrected chi connectivity index (χ4v) is 5.07. The van der Waals surface area contributed by atoms with Crippen LogP contribution in [0, 0.1) is 5.41 Å². The van der Waals surface area contributed by atoms with Crippen molar-refractivity contribution in [3.05, 3.63) is 0 Å². The van der Waals surface area contributed by atoms with Crippen molar-refractivity contribution >= 4 is 35.3 Å². The molecule has 1 rings (SSSR count). The average Bonchev–Trinajstić information content (AvgIpc) is 1.86. The van der Waals surface area contributed by atoms with Crippen molar-refractivity contribution in [2.24, 2.45) is 9.18 Å². The molecule has 0 aliphatic carbocycles. The molecule has 0 saturated carbocycles. The van der Waals surface area contributed by atoms with E-state index in [-0.39, 0.29) is 10.7 Å². The highest BCUT2D eigenvalue weighted by molar-refractivity contribution is 8.12. The van der Waals surface area contributed by atoms with E-state index in [1.807, 2.05) is 11.8 Å². The summed E-state index contributed by atoms with van der Waals surface area (Å²) >= 11 is 5.97. The van der Waals surface area contributed by atoms with Crippen LogP contribution in [0.15, 0.2) is 3.77 Å². The van der Waals surface area contributed by atoms with E-state index in [0.717, 1.165) is 0 Å². The average molecular weight is 195 g/mol. The summed E-state index contributed by atoms with van der Waals surface area (Å²) in [4.78, 5) is 0. The number of hydrogen-bond acceptors (Lipinski definition) is 2. The molecule has 0 aromatic rings. The molecule has 1 nitrogen and oxygen atoms in total. The summed E-state index contributed by atoms with van der Waals surface area (Å²) in [6.07, 6.45) is 0. The lowest BCUT2D eigenvalue weighted by molar-refractivity contribution is 0.489. The zero-order valence-corrected chi connectivity index (χ0v) is 8.86. The highest BCUT2D eigenvalue weighted by atomic mass is 32.2. The van der Waals surface area contributed by atoms with E-state index in [9.17, 15) is 0 Å². The standard InChI is InChI=1S/C6H13NS3/c1-6(2)3-9-5-10(4-6)7-8/h8H,3-5H2,1-2H3. The van der Waals surface area contributed by atoms with Crippen LogP contribution in [0.3, 0.4) is 0 Å². The maximum Gasteiger partial charge on any atom is 0.0510 e. The molecule has 1 fully saturated rings. The van der Waals surface area contributed by atoms with Crippen molar-refractivity contribution in [1.82, 2.24) is 0 Å². The minimum atomic E-state index is 0.231. The van der Waals surface area contributed by atoms with E-state index >= 15 is 0 Å². The van der Waals surface area contributed by atoms with Crippen molar-refractivity contribution in [2.75, 3.05) is 16.6 Å². The Balaban J connectivity index is 2.56. The number of rotatable bonds is 0. The molecule has 1 aliphatic heterocycles. The van der Waals surface area contributed by atoms with Gasteiger partial charge in [-0.2, -0.15) is 3.77 Å². The normalized spacial score (nSPS) is 32.5. The number of thioether (sulfide) groups is 1. The van der Waals surface area contributed by atoms with Gasteiger partial charge >= 0.3 is 0 Å². The first-order chi connectivity index (χ1) is 4.64. The molecular weight excluding hydrogens is 182 g/mol. The molecule has 0 amide bonds. The van der Waals surface area contributed by atoms with Gasteiger partial charge in [-0.1, -0.05) is 24.5 Å². The minimum Gasteiger partial charge on any atom is -0.198 e. The van der Waals surface area contributed by atoms with Crippen molar-refractivity contribution in [1.29, 1.82) is 0 Å². The van der Waals surface area contributed by atoms with Gasteiger partial charge in [-0.25, -0.2) is 0 Å². The van der Waals surface area contributed by atoms with Gasteiger partial charge in [0.2, 0.25) is 0 Å². The van der Waals surface area contributed by atoms with Crippen LogP contribution in [0.4, 0.5) is 0 Å². The second kappa shape index (κ2) is 3.50. The second-order valence-electron chi connectivity index (χ2n) is 3.32. The molecule has 1 heterocycles. The summed E-state index contributed by atoms with van der Waals surface area (Å²) in [5.41, 5.74) is 0.484. The molecule has 4 heteroatoms. The Morgan fingerprint density at radius 3 is 2.70 bits per heavy atom. The molecule has 1 atom stereocenters. The maximum absolute atomic E-state index is 4.04. The lowest BCUT2D eigenvalue weighted by Gasteiger charge is -2.29. The van der Waals surface area contributed by atoms with Gasteiger partial charge in [-0.05, 0) is 18.2 Å². The Labute approximate surface area is 75.0 Å². The maximum atomic E-state index is 4.04. The molecule has 1 aliphatic rings. The molecular formula is C6H13NS3. The second-order valence-corrected chi connectivity index (χ2v) is 6.83. The van der Waals surface area contributed by atoms with E-state index in [1.54, 1.807) is 0 Å². The quantitative estimate of drug-likeness (QED) is 0.585. The van der Waals surface area contributed by atoms with Gasteiger partial charge < -0.3 is 0 Å². The van der Waals surface area contributed by atoms with Crippen molar-refractivity contribution in [2.45, 2.75) is 13.8 Å². The Morgan fingerprint density at radius 1 is 1.60 bits per heavy atom. The molecule has 1 unspecified atom stereocenters. The van der Waals surface area contributed by atoms with Crippen molar-refractivity contribution in [3.63, 3.8) is 0 Å². The van der Waals surface area contributed by atoms with Crippen LogP contribution < -0.4 is 0 Å². The van der Waals surface area contributed by atoms with Crippen LogP contribution in [0.5, 0.6) is 0 Å². The predicted octanol–water partition coefficient (Wildman–Crippen LogP) is 2.36. The third-order valence-electron chi connectivity index (χ3n) is 1.38. The fourth-order valence-electron chi connectivity index (χ4n) is 1.00. The van der Waals surface area contributed by atoms with E-state index in [0.29, 0.717) is 5.41 Å². The highest BCUT2D eigenvalue weighted by Crippen LogP contribution is 2.30. The Bertz CT molecular complexity index is 153. The number of nitrogens with zero attached hydrogens (tertiary/aromatic N) is 1. The van der Waals surface area contributed by atoms with E-state index < -0.39 is 0 Å². The highest BCUT2D eigenvalue weighted by Gasteiger charge is 2.24. The first-order valence-corrected chi connectivity index (χ1v) is 6.32. The van der Waals surface area contributed by atoms with Gasteiger partial charge in [0.05, 0.1) is 5.08 Å². The Morgan fingerprint density at radius 2 is 2.30 bits per heavy atom. The molecule has 1 saturated heterocycles. The fraction of sp³-hybridized carbons (Fsp3) is 1.00. The summed E-state index contributed by atoms with van der Waals surface area (Å²) in [5, 5.41) is 1.19. The smallest absolute Gasteiger partial charge is 0.0510 e. The van der Waals surface area contributed by atoms with Crippen LogP contribution in [-0.4, -0.2) is 16.6 Å². The van der Waals surface area contributed by atoms with Gasteiger partial charge in [-0.15, -0.1) is 11.8 Å². The third kappa shape index (κ3) is 2.47. The van der Waals surface area contributed by atoms with Crippen molar-refractivity contribution in [3.8, 4) is 0 Å². The molecule has 10 heavy (non-hydrogen) atoms. The van der Waals surface area contributed by atoms with Gasteiger partial charge in [0.15, 0.2) is 0 Å².